The fourth-order valence-electron chi connectivity index (χ4n) is 1.32. The van der Waals surface area contributed by atoms with Crippen molar-refractivity contribution in [2.75, 3.05) is 0 Å². The van der Waals surface area contributed by atoms with Gasteiger partial charge in [0.05, 0.1) is 15.5 Å². The highest BCUT2D eigenvalue weighted by Gasteiger charge is 2.24. The van der Waals surface area contributed by atoms with Gasteiger partial charge < -0.3 is 5.11 Å². The maximum Gasteiger partial charge on any atom is 0.321 e. The van der Waals surface area contributed by atoms with Crippen LogP contribution in [0.3, 0.4) is 0 Å². The summed E-state index contributed by atoms with van der Waals surface area (Å²) in [6.45, 7) is 1.55. The number of sulfonamides is 1. The second-order valence-electron chi connectivity index (χ2n) is 3.67. The van der Waals surface area contributed by atoms with Gasteiger partial charge in [0, 0.05) is 0 Å². The number of rotatable bonds is 5. The highest BCUT2D eigenvalue weighted by molar-refractivity contribution is 7.89. The number of nitrogens with one attached hydrogen (secondary N) is 1. The molecular weight excluding hydrogens is 292 g/mol. The first-order chi connectivity index (χ1) is 8.81. The highest BCUT2D eigenvalue weighted by atomic mass is 35.5. The SMILES string of the molecule is CCC(NS(=O)(=O)c1ccc(C#N)c(Cl)c1)C(=O)O. The number of carboxylic acid groups (broad SMARTS) is 1. The van der Waals surface area contributed by atoms with E-state index in [2.05, 4.69) is 4.72 Å². The third-order valence-corrected chi connectivity index (χ3v) is 4.16. The normalized spacial score (nSPS) is 12.7. The molecule has 0 bridgehead atoms. The van der Waals surface area contributed by atoms with Crippen molar-refractivity contribution in [2.45, 2.75) is 24.3 Å². The first-order valence-corrected chi connectivity index (χ1v) is 7.12. The van der Waals surface area contributed by atoms with E-state index in [0.29, 0.717) is 0 Å². The smallest absolute Gasteiger partial charge is 0.321 e. The minimum Gasteiger partial charge on any atom is -0.480 e. The molecule has 1 rings (SSSR count). The average molecular weight is 303 g/mol. The maximum absolute atomic E-state index is 11.9. The maximum atomic E-state index is 11.9. The molecule has 6 nitrogen and oxygen atoms in total. The molecule has 0 aromatic heterocycles. The number of hydrogen-bond acceptors (Lipinski definition) is 4. The van der Waals surface area contributed by atoms with Gasteiger partial charge >= 0.3 is 5.97 Å². The van der Waals surface area contributed by atoms with Crippen LogP contribution in [0.5, 0.6) is 0 Å². The van der Waals surface area contributed by atoms with Crippen LogP contribution in [0.15, 0.2) is 23.1 Å². The van der Waals surface area contributed by atoms with Gasteiger partial charge in [0.15, 0.2) is 0 Å². The lowest BCUT2D eigenvalue weighted by Gasteiger charge is -2.13. The molecule has 102 valence electrons. The van der Waals surface area contributed by atoms with Crippen LogP contribution in [-0.2, 0) is 14.8 Å². The van der Waals surface area contributed by atoms with E-state index < -0.39 is 22.0 Å². The zero-order valence-electron chi connectivity index (χ0n) is 9.92. The van der Waals surface area contributed by atoms with E-state index in [1.165, 1.54) is 12.1 Å². The average Bonchev–Trinajstić information content (AvgIpc) is 2.35. The molecule has 0 radical (unpaired) electrons. The molecule has 0 aliphatic rings. The number of benzene rings is 1. The number of aliphatic carboxylic acids is 1. The Hall–Kier alpha value is -1.62. The first kappa shape index (κ1) is 15.4. The van der Waals surface area contributed by atoms with Crippen LogP contribution < -0.4 is 4.72 Å². The molecule has 0 aliphatic carbocycles. The van der Waals surface area contributed by atoms with Gasteiger partial charge in [0.1, 0.15) is 12.1 Å². The van der Waals surface area contributed by atoms with Crippen molar-refractivity contribution in [3.63, 3.8) is 0 Å². The van der Waals surface area contributed by atoms with Gasteiger partial charge in [-0.25, -0.2) is 8.42 Å². The number of nitrogens with zero attached hydrogens (tertiary/aromatic N) is 1. The number of nitriles is 1. The van der Waals surface area contributed by atoms with Gasteiger partial charge in [-0.15, -0.1) is 0 Å². The molecule has 1 aromatic carbocycles. The predicted molar refractivity (Wildman–Crippen MR) is 68.2 cm³/mol. The van der Waals surface area contributed by atoms with E-state index in [4.69, 9.17) is 22.0 Å². The van der Waals surface area contributed by atoms with Crippen molar-refractivity contribution in [3.05, 3.63) is 28.8 Å². The molecule has 0 spiro atoms. The third kappa shape index (κ3) is 3.67. The predicted octanol–water partition coefficient (Wildman–Crippen LogP) is 1.35. The van der Waals surface area contributed by atoms with Crippen LogP contribution in [0.4, 0.5) is 0 Å². The van der Waals surface area contributed by atoms with E-state index in [1.807, 2.05) is 0 Å². The van der Waals surface area contributed by atoms with E-state index in [9.17, 15) is 13.2 Å². The number of carboxylic acids is 1. The summed E-state index contributed by atoms with van der Waals surface area (Å²) >= 11 is 5.74. The van der Waals surface area contributed by atoms with E-state index >= 15 is 0 Å². The summed E-state index contributed by atoms with van der Waals surface area (Å²) in [4.78, 5) is 10.6. The molecule has 0 aliphatic heterocycles. The summed E-state index contributed by atoms with van der Waals surface area (Å²) in [7, 11) is -3.99. The summed E-state index contributed by atoms with van der Waals surface area (Å²) in [6, 6.07) is 4.16. The van der Waals surface area contributed by atoms with Gasteiger partial charge in [0.2, 0.25) is 10.0 Å². The molecule has 0 amide bonds. The Morgan fingerprint density at radius 2 is 2.21 bits per heavy atom. The third-order valence-electron chi connectivity index (χ3n) is 2.38. The molecule has 2 N–H and O–H groups in total. The standard InChI is InChI=1S/C11H11ClN2O4S/c1-2-10(11(15)16)14-19(17,18)8-4-3-7(6-13)9(12)5-8/h3-5,10,14H,2H2,1H3,(H,15,16). The molecule has 1 unspecified atom stereocenters. The number of carbonyl (C=O) groups is 1. The number of halogens is 1. The van der Waals surface area contributed by atoms with Crippen LogP contribution in [0.1, 0.15) is 18.9 Å². The van der Waals surface area contributed by atoms with Crippen LogP contribution in [0, 0.1) is 11.3 Å². The molecule has 1 aromatic rings. The molecular formula is C11H11ClN2O4S. The molecule has 8 heteroatoms. The minimum absolute atomic E-state index is 0.00579. The second-order valence-corrected chi connectivity index (χ2v) is 5.79. The van der Waals surface area contributed by atoms with Gasteiger partial charge in [-0.3, -0.25) is 4.79 Å². The van der Waals surface area contributed by atoms with Gasteiger partial charge in [-0.1, -0.05) is 18.5 Å². The summed E-state index contributed by atoms with van der Waals surface area (Å²) in [5.41, 5.74) is 0.144. The number of hydrogen-bond donors (Lipinski definition) is 2. The van der Waals surface area contributed by atoms with Gasteiger partial charge in [-0.05, 0) is 24.6 Å². The monoisotopic (exact) mass is 302 g/mol. The highest BCUT2D eigenvalue weighted by Crippen LogP contribution is 2.20. The van der Waals surface area contributed by atoms with Gasteiger partial charge in [0.25, 0.3) is 0 Å². The molecule has 19 heavy (non-hydrogen) atoms. The van der Waals surface area contributed by atoms with Crippen molar-refractivity contribution >= 4 is 27.6 Å². The van der Waals surface area contributed by atoms with Crippen LogP contribution in [-0.4, -0.2) is 25.5 Å². The first-order valence-electron chi connectivity index (χ1n) is 5.26. The Kier molecular flexibility index (Phi) is 4.89. The Balaban J connectivity index is 3.11. The zero-order valence-corrected chi connectivity index (χ0v) is 11.5. The Labute approximate surface area is 115 Å². The topological polar surface area (TPSA) is 107 Å². The lowest BCUT2D eigenvalue weighted by atomic mass is 10.2. The Bertz CT molecular complexity index is 637. The summed E-state index contributed by atoms with van der Waals surface area (Å²) < 4.78 is 25.9. The Morgan fingerprint density at radius 1 is 1.58 bits per heavy atom. The van der Waals surface area contributed by atoms with E-state index in [-0.39, 0.29) is 21.9 Å². The fourth-order valence-corrected chi connectivity index (χ4v) is 2.90. The van der Waals surface area contributed by atoms with E-state index in [0.717, 1.165) is 6.07 Å². The summed E-state index contributed by atoms with van der Waals surface area (Å²) in [5.74, 6) is -1.26. The minimum atomic E-state index is -3.99. The largest absolute Gasteiger partial charge is 0.480 e. The van der Waals surface area contributed by atoms with Crippen LogP contribution in [0.25, 0.3) is 0 Å². The van der Waals surface area contributed by atoms with Gasteiger partial charge in [-0.2, -0.15) is 9.98 Å². The quantitative estimate of drug-likeness (QED) is 0.853. The second kappa shape index (κ2) is 6.02. The Morgan fingerprint density at radius 3 is 2.63 bits per heavy atom. The van der Waals surface area contributed by atoms with Crippen molar-refractivity contribution < 1.29 is 18.3 Å². The van der Waals surface area contributed by atoms with Crippen LogP contribution in [0.2, 0.25) is 5.02 Å². The van der Waals surface area contributed by atoms with Crippen molar-refractivity contribution in [1.82, 2.24) is 4.72 Å². The molecule has 0 saturated heterocycles. The zero-order chi connectivity index (χ0) is 14.6. The van der Waals surface area contributed by atoms with Crippen molar-refractivity contribution in [2.24, 2.45) is 0 Å². The van der Waals surface area contributed by atoms with Crippen LogP contribution >= 0.6 is 11.6 Å². The lowest BCUT2D eigenvalue weighted by Crippen LogP contribution is -2.40. The van der Waals surface area contributed by atoms with Crippen molar-refractivity contribution in [1.29, 1.82) is 5.26 Å². The molecule has 1 atom stereocenters. The molecule has 0 fully saturated rings. The lowest BCUT2D eigenvalue weighted by molar-refractivity contribution is -0.139. The molecule has 0 saturated carbocycles. The van der Waals surface area contributed by atoms with E-state index in [1.54, 1.807) is 13.0 Å². The molecule has 0 heterocycles. The summed E-state index contributed by atoms with van der Waals surface area (Å²) in [6.07, 6.45) is 0.110. The summed E-state index contributed by atoms with van der Waals surface area (Å²) in [5, 5.41) is 17.5. The van der Waals surface area contributed by atoms with Crippen molar-refractivity contribution in [3.8, 4) is 6.07 Å². The fraction of sp³-hybridized carbons (Fsp3) is 0.273.